The first-order valence-electron chi connectivity index (χ1n) is 6.99. The Hall–Kier alpha value is -1.43. The second kappa shape index (κ2) is 6.56. The summed E-state index contributed by atoms with van der Waals surface area (Å²) in [4.78, 5) is 26.0. The minimum absolute atomic E-state index is 0.135. The zero-order valence-corrected chi connectivity index (χ0v) is 13.6. The van der Waals surface area contributed by atoms with Crippen LogP contribution >= 0.6 is 15.9 Å². The van der Waals surface area contributed by atoms with Crippen LogP contribution in [0.2, 0.25) is 0 Å². The maximum atomic E-state index is 13.6. The van der Waals surface area contributed by atoms with Crippen LogP contribution in [0, 0.1) is 5.82 Å². The second-order valence-electron chi connectivity index (χ2n) is 5.21. The molecule has 4 nitrogen and oxygen atoms in total. The average Bonchev–Trinajstić information content (AvgIpc) is 2.44. The molecule has 0 aliphatic carbocycles. The van der Waals surface area contributed by atoms with E-state index in [1.54, 1.807) is 24.0 Å². The molecule has 21 heavy (non-hydrogen) atoms. The van der Waals surface area contributed by atoms with Gasteiger partial charge in [-0.1, -0.05) is 25.5 Å². The molecule has 6 heteroatoms. The van der Waals surface area contributed by atoms with E-state index in [0.29, 0.717) is 16.5 Å². The van der Waals surface area contributed by atoms with Crippen molar-refractivity contribution in [3.63, 3.8) is 0 Å². The maximum Gasteiger partial charge on any atom is 0.245 e. The van der Waals surface area contributed by atoms with E-state index in [0.717, 1.165) is 6.42 Å². The topological polar surface area (TPSA) is 49.4 Å². The highest BCUT2D eigenvalue weighted by atomic mass is 79.9. The van der Waals surface area contributed by atoms with Gasteiger partial charge in [0, 0.05) is 6.54 Å². The minimum atomic E-state index is -0.544. The van der Waals surface area contributed by atoms with E-state index >= 15 is 0 Å². The van der Waals surface area contributed by atoms with Crippen LogP contribution in [0.3, 0.4) is 0 Å². The number of benzene rings is 1. The molecule has 1 saturated heterocycles. The Labute approximate surface area is 131 Å². The standard InChI is InChI=1S/C15H18BrFN2O2/c1-3-5-12-14(20)18-9(2)15(21)19(12)8-10-6-4-7-11(17)13(10)16/h4,6-7,9,12H,3,5,8H2,1-2H3,(H,18,20). The third-order valence-electron chi connectivity index (χ3n) is 3.63. The summed E-state index contributed by atoms with van der Waals surface area (Å²) in [5.41, 5.74) is 0.659. The molecule has 2 rings (SSSR count). The van der Waals surface area contributed by atoms with Gasteiger partial charge in [0.1, 0.15) is 17.9 Å². The predicted molar refractivity (Wildman–Crippen MR) is 81.0 cm³/mol. The normalized spacial score (nSPS) is 22.4. The smallest absolute Gasteiger partial charge is 0.245 e. The molecular weight excluding hydrogens is 339 g/mol. The monoisotopic (exact) mass is 356 g/mol. The summed E-state index contributed by atoms with van der Waals surface area (Å²) in [6, 6.07) is 3.67. The van der Waals surface area contributed by atoms with E-state index in [2.05, 4.69) is 21.2 Å². The zero-order chi connectivity index (χ0) is 15.6. The molecule has 1 fully saturated rings. The number of nitrogens with zero attached hydrogens (tertiary/aromatic N) is 1. The Kier molecular flexibility index (Phi) is 4.98. The molecule has 1 aliphatic rings. The average molecular weight is 357 g/mol. The lowest BCUT2D eigenvalue weighted by Crippen LogP contribution is -2.61. The highest BCUT2D eigenvalue weighted by molar-refractivity contribution is 9.10. The summed E-state index contributed by atoms with van der Waals surface area (Å²) in [6.07, 6.45) is 1.39. The molecule has 1 aliphatic heterocycles. The Morgan fingerprint density at radius 2 is 2.10 bits per heavy atom. The van der Waals surface area contributed by atoms with Gasteiger partial charge in [-0.15, -0.1) is 0 Å². The zero-order valence-electron chi connectivity index (χ0n) is 12.0. The first-order chi connectivity index (χ1) is 9.95. The summed E-state index contributed by atoms with van der Waals surface area (Å²) in [5, 5.41) is 2.69. The van der Waals surface area contributed by atoms with Crippen LogP contribution in [0.4, 0.5) is 4.39 Å². The molecule has 114 valence electrons. The van der Waals surface area contributed by atoms with Crippen LogP contribution in [-0.4, -0.2) is 28.8 Å². The number of piperazine rings is 1. The van der Waals surface area contributed by atoms with E-state index in [9.17, 15) is 14.0 Å². The lowest BCUT2D eigenvalue weighted by atomic mass is 10.0. The number of hydrogen-bond acceptors (Lipinski definition) is 2. The molecular formula is C15H18BrFN2O2. The van der Waals surface area contributed by atoms with Crippen molar-refractivity contribution in [2.24, 2.45) is 0 Å². The Bertz CT molecular complexity index is 565. The number of carbonyl (C=O) groups is 2. The van der Waals surface area contributed by atoms with Crippen LogP contribution in [-0.2, 0) is 16.1 Å². The van der Waals surface area contributed by atoms with E-state index in [1.165, 1.54) is 6.07 Å². The van der Waals surface area contributed by atoms with Crippen LogP contribution in [0.5, 0.6) is 0 Å². The van der Waals surface area contributed by atoms with E-state index in [1.807, 2.05) is 6.92 Å². The SMILES string of the molecule is CCCC1C(=O)NC(C)C(=O)N1Cc1cccc(F)c1Br. The van der Waals surface area contributed by atoms with Crippen molar-refractivity contribution < 1.29 is 14.0 Å². The van der Waals surface area contributed by atoms with E-state index in [4.69, 9.17) is 0 Å². The van der Waals surface area contributed by atoms with Crippen molar-refractivity contribution in [3.8, 4) is 0 Å². The number of hydrogen-bond donors (Lipinski definition) is 1. The summed E-state index contributed by atoms with van der Waals surface area (Å²) < 4.78 is 13.9. The van der Waals surface area contributed by atoms with Gasteiger partial charge < -0.3 is 10.2 Å². The van der Waals surface area contributed by atoms with Crippen LogP contribution < -0.4 is 5.32 Å². The van der Waals surface area contributed by atoms with Gasteiger partial charge in [-0.25, -0.2) is 4.39 Å². The van der Waals surface area contributed by atoms with Crippen molar-refractivity contribution in [2.45, 2.75) is 45.3 Å². The van der Waals surface area contributed by atoms with Crippen LogP contribution in [0.15, 0.2) is 22.7 Å². The van der Waals surface area contributed by atoms with Crippen molar-refractivity contribution in [1.82, 2.24) is 10.2 Å². The second-order valence-corrected chi connectivity index (χ2v) is 6.01. The molecule has 1 heterocycles. The molecule has 1 aromatic carbocycles. The molecule has 0 spiro atoms. The van der Waals surface area contributed by atoms with Gasteiger partial charge in [0.2, 0.25) is 11.8 Å². The molecule has 1 aromatic rings. The van der Waals surface area contributed by atoms with Gasteiger partial charge in [0.25, 0.3) is 0 Å². The highest BCUT2D eigenvalue weighted by Gasteiger charge is 2.38. The summed E-state index contributed by atoms with van der Waals surface area (Å²) in [6.45, 7) is 3.85. The van der Waals surface area contributed by atoms with Crippen molar-refractivity contribution in [1.29, 1.82) is 0 Å². The van der Waals surface area contributed by atoms with Gasteiger partial charge in [-0.05, 0) is 40.9 Å². The molecule has 0 bridgehead atoms. The van der Waals surface area contributed by atoms with E-state index in [-0.39, 0.29) is 24.2 Å². The van der Waals surface area contributed by atoms with Crippen molar-refractivity contribution in [2.75, 3.05) is 0 Å². The Balaban J connectivity index is 2.30. The molecule has 0 saturated carbocycles. The Morgan fingerprint density at radius 1 is 1.38 bits per heavy atom. The first-order valence-corrected chi connectivity index (χ1v) is 7.78. The lowest BCUT2D eigenvalue weighted by Gasteiger charge is -2.38. The number of rotatable bonds is 4. The fourth-order valence-electron chi connectivity index (χ4n) is 2.52. The number of nitrogens with one attached hydrogen (secondary N) is 1. The van der Waals surface area contributed by atoms with Crippen molar-refractivity contribution >= 4 is 27.7 Å². The predicted octanol–water partition coefficient (Wildman–Crippen LogP) is 2.60. The fourth-order valence-corrected chi connectivity index (χ4v) is 2.91. The minimum Gasteiger partial charge on any atom is -0.343 e. The molecule has 0 radical (unpaired) electrons. The lowest BCUT2D eigenvalue weighted by molar-refractivity contribution is -0.149. The van der Waals surface area contributed by atoms with Gasteiger partial charge in [-0.3, -0.25) is 9.59 Å². The third kappa shape index (κ3) is 3.26. The molecule has 0 aromatic heterocycles. The fraction of sp³-hybridized carbons (Fsp3) is 0.467. The molecule has 1 N–H and O–H groups in total. The van der Waals surface area contributed by atoms with Gasteiger partial charge >= 0.3 is 0 Å². The largest absolute Gasteiger partial charge is 0.343 e. The number of halogens is 2. The summed E-state index contributed by atoms with van der Waals surface area (Å²) >= 11 is 3.20. The Morgan fingerprint density at radius 3 is 2.76 bits per heavy atom. The molecule has 2 unspecified atom stereocenters. The highest BCUT2D eigenvalue weighted by Crippen LogP contribution is 2.25. The van der Waals surface area contributed by atoms with Crippen LogP contribution in [0.25, 0.3) is 0 Å². The summed E-state index contributed by atoms with van der Waals surface area (Å²) in [7, 11) is 0. The van der Waals surface area contributed by atoms with Crippen LogP contribution in [0.1, 0.15) is 32.3 Å². The molecule has 2 amide bonds. The number of amides is 2. The molecule has 2 atom stereocenters. The van der Waals surface area contributed by atoms with Crippen molar-refractivity contribution in [3.05, 3.63) is 34.1 Å². The first kappa shape index (κ1) is 15.9. The van der Waals surface area contributed by atoms with Gasteiger partial charge in [-0.2, -0.15) is 0 Å². The number of carbonyl (C=O) groups excluding carboxylic acids is 2. The van der Waals surface area contributed by atoms with E-state index < -0.39 is 12.1 Å². The third-order valence-corrected chi connectivity index (χ3v) is 4.51. The quantitative estimate of drug-likeness (QED) is 0.901. The maximum absolute atomic E-state index is 13.6. The van der Waals surface area contributed by atoms with Gasteiger partial charge in [0.05, 0.1) is 4.47 Å². The van der Waals surface area contributed by atoms with Gasteiger partial charge in [0.15, 0.2) is 0 Å². The summed E-state index contributed by atoms with van der Waals surface area (Å²) in [5.74, 6) is -0.651.